The first-order chi connectivity index (χ1) is 14.5. The second kappa shape index (κ2) is 10.2. The van der Waals surface area contributed by atoms with Gasteiger partial charge in [0, 0.05) is 29.8 Å². The van der Waals surface area contributed by atoms with Gasteiger partial charge in [0.25, 0.3) is 5.91 Å². The van der Waals surface area contributed by atoms with Crippen LogP contribution in [-0.2, 0) is 12.3 Å². The van der Waals surface area contributed by atoms with Crippen LogP contribution in [0.15, 0.2) is 70.2 Å². The Morgan fingerprint density at radius 1 is 1.13 bits per heavy atom. The van der Waals surface area contributed by atoms with Crippen molar-refractivity contribution in [3.8, 4) is 11.5 Å². The third-order valence-electron chi connectivity index (χ3n) is 4.29. The summed E-state index contributed by atoms with van der Waals surface area (Å²) in [4.78, 5) is 15.4. The summed E-state index contributed by atoms with van der Waals surface area (Å²) in [7, 11) is 2.99. The molecule has 5 nitrogen and oxygen atoms in total. The first-order valence-corrected chi connectivity index (χ1v) is 10.1. The van der Waals surface area contributed by atoms with E-state index in [0.29, 0.717) is 11.3 Å². The van der Waals surface area contributed by atoms with Gasteiger partial charge in [-0.3, -0.25) is 4.79 Å². The van der Waals surface area contributed by atoms with E-state index < -0.39 is 6.61 Å². The molecule has 0 spiro atoms. The highest BCUT2D eigenvalue weighted by atomic mass is 32.2. The van der Waals surface area contributed by atoms with E-state index in [4.69, 9.17) is 9.15 Å². The number of ether oxygens (including phenoxy) is 2. The van der Waals surface area contributed by atoms with E-state index in [1.54, 1.807) is 30.9 Å². The highest BCUT2D eigenvalue weighted by Gasteiger charge is 2.20. The molecule has 0 bridgehead atoms. The van der Waals surface area contributed by atoms with Crippen LogP contribution in [0.4, 0.5) is 8.78 Å². The zero-order valence-electron chi connectivity index (χ0n) is 16.5. The van der Waals surface area contributed by atoms with Crippen LogP contribution in [0.3, 0.4) is 0 Å². The largest absolute Gasteiger partial charge is 0.493 e. The van der Waals surface area contributed by atoms with Gasteiger partial charge in [0.05, 0.1) is 13.4 Å². The minimum atomic E-state index is -2.97. The number of furan rings is 1. The van der Waals surface area contributed by atoms with Gasteiger partial charge >= 0.3 is 6.61 Å². The van der Waals surface area contributed by atoms with Crippen LogP contribution in [0.25, 0.3) is 0 Å². The van der Waals surface area contributed by atoms with Crippen molar-refractivity contribution in [3.63, 3.8) is 0 Å². The predicted molar refractivity (Wildman–Crippen MR) is 110 cm³/mol. The lowest BCUT2D eigenvalue weighted by Gasteiger charge is -2.18. The van der Waals surface area contributed by atoms with Crippen molar-refractivity contribution in [2.75, 3.05) is 14.2 Å². The fraction of sp³-hybridized carbons (Fsp3) is 0.227. The molecule has 3 aromatic rings. The van der Waals surface area contributed by atoms with E-state index in [1.165, 1.54) is 30.4 Å². The van der Waals surface area contributed by atoms with Gasteiger partial charge in [-0.05, 0) is 35.9 Å². The maximum absolute atomic E-state index is 12.9. The third-order valence-corrected chi connectivity index (χ3v) is 5.35. The van der Waals surface area contributed by atoms with Crippen molar-refractivity contribution in [1.29, 1.82) is 0 Å². The molecule has 158 valence electrons. The maximum Gasteiger partial charge on any atom is 0.387 e. The Balaban J connectivity index is 1.69. The number of alkyl halides is 2. The molecule has 1 heterocycles. The van der Waals surface area contributed by atoms with E-state index in [2.05, 4.69) is 4.74 Å². The lowest BCUT2D eigenvalue weighted by Crippen LogP contribution is -2.26. The molecule has 0 radical (unpaired) electrons. The third kappa shape index (κ3) is 5.54. The molecule has 0 N–H and O–H groups in total. The first kappa shape index (κ1) is 21.7. The van der Waals surface area contributed by atoms with Crippen molar-refractivity contribution in [3.05, 3.63) is 77.7 Å². The van der Waals surface area contributed by atoms with Gasteiger partial charge < -0.3 is 18.8 Å². The molecule has 0 fully saturated rings. The number of nitrogens with zero attached hydrogens (tertiary/aromatic N) is 1. The van der Waals surface area contributed by atoms with E-state index in [0.717, 1.165) is 10.5 Å². The van der Waals surface area contributed by atoms with E-state index in [9.17, 15) is 13.6 Å². The molecule has 0 aliphatic rings. The van der Waals surface area contributed by atoms with Crippen LogP contribution in [-0.4, -0.2) is 31.6 Å². The summed E-state index contributed by atoms with van der Waals surface area (Å²) in [6, 6.07) is 16.3. The van der Waals surface area contributed by atoms with Crippen LogP contribution >= 0.6 is 11.8 Å². The summed E-state index contributed by atoms with van der Waals surface area (Å²) in [6.07, 6.45) is 1.49. The van der Waals surface area contributed by atoms with E-state index in [1.807, 2.05) is 30.3 Å². The van der Waals surface area contributed by atoms with Gasteiger partial charge in [-0.2, -0.15) is 8.78 Å². The smallest absolute Gasteiger partial charge is 0.387 e. The molecule has 0 aliphatic heterocycles. The molecule has 0 saturated carbocycles. The molecule has 0 atom stereocenters. The Hall–Kier alpha value is -3.00. The number of amides is 1. The van der Waals surface area contributed by atoms with Crippen molar-refractivity contribution < 1.29 is 27.5 Å². The Morgan fingerprint density at radius 3 is 2.60 bits per heavy atom. The molecular weight excluding hydrogens is 412 g/mol. The summed E-state index contributed by atoms with van der Waals surface area (Å²) in [5.41, 5.74) is 1.41. The second-order valence-electron chi connectivity index (χ2n) is 6.40. The number of thioether (sulfide) groups is 1. The van der Waals surface area contributed by atoms with Gasteiger partial charge in [0.2, 0.25) is 0 Å². The first-order valence-electron chi connectivity index (χ1n) is 9.09. The van der Waals surface area contributed by atoms with Gasteiger partial charge in [0.15, 0.2) is 17.3 Å². The Kier molecular flexibility index (Phi) is 7.35. The fourth-order valence-corrected chi connectivity index (χ4v) is 3.74. The summed E-state index contributed by atoms with van der Waals surface area (Å²) in [5.74, 6) is 0.669. The van der Waals surface area contributed by atoms with Gasteiger partial charge in [-0.25, -0.2) is 0 Å². The molecule has 0 saturated heterocycles. The summed E-state index contributed by atoms with van der Waals surface area (Å²) >= 11 is 1.60. The maximum atomic E-state index is 12.9. The van der Waals surface area contributed by atoms with Crippen LogP contribution in [0.2, 0.25) is 0 Å². The normalized spacial score (nSPS) is 10.8. The lowest BCUT2D eigenvalue weighted by atomic mass is 10.1. The van der Waals surface area contributed by atoms with Crippen molar-refractivity contribution in [1.82, 2.24) is 4.90 Å². The quantitative estimate of drug-likeness (QED) is 0.420. The molecule has 1 amide bonds. The molecule has 2 aromatic carbocycles. The average Bonchev–Trinajstić information content (AvgIpc) is 3.21. The number of hydrogen-bond acceptors (Lipinski definition) is 5. The van der Waals surface area contributed by atoms with Crippen molar-refractivity contribution in [2.24, 2.45) is 0 Å². The number of halogens is 2. The number of rotatable bonds is 9. The molecule has 1 aromatic heterocycles. The standard InChI is InChI=1S/C22H21F2NO4S/c1-25(13-15-8-9-18(27-2)19(12-15)29-22(23)24)21(26)20-16(10-11-28-20)14-30-17-6-4-3-5-7-17/h3-12,22H,13-14H2,1-2H3. The highest BCUT2D eigenvalue weighted by molar-refractivity contribution is 7.98. The zero-order valence-corrected chi connectivity index (χ0v) is 17.3. The number of carbonyl (C=O) groups excluding carboxylic acids is 1. The van der Waals surface area contributed by atoms with Gasteiger partial charge in [-0.15, -0.1) is 11.8 Å². The minimum Gasteiger partial charge on any atom is -0.493 e. The Bertz CT molecular complexity index is 978. The van der Waals surface area contributed by atoms with Crippen LogP contribution < -0.4 is 9.47 Å². The van der Waals surface area contributed by atoms with Gasteiger partial charge in [-0.1, -0.05) is 24.3 Å². The highest BCUT2D eigenvalue weighted by Crippen LogP contribution is 2.30. The monoisotopic (exact) mass is 433 g/mol. The molecule has 0 unspecified atom stereocenters. The molecular formula is C22H21F2NO4S. The topological polar surface area (TPSA) is 51.9 Å². The zero-order chi connectivity index (χ0) is 21.5. The molecule has 8 heteroatoms. The van der Waals surface area contributed by atoms with Crippen LogP contribution in [0, 0.1) is 0 Å². The van der Waals surface area contributed by atoms with E-state index >= 15 is 0 Å². The lowest BCUT2D eigenvalue weighted by molar-refractivity contribution is -0.0512. The Labute approximate surface area is 177 Å². The van der Waals surface area contributed by atoms with Gasteiger partial charge in [0.1, 0.15) is 0 Å². The number of hydrogen-bond donors (Lipinski definition) is 0. The molecule has 0 aliphatic carbocycles. The van der Waals surface area contributed by atoms with E-state index in [-0.39, 0.29) is 29.7 Å². The molecule has 30 heavy (non-hydrogen) atoms. The fourth-order valence-electron chi connectivity index (χ4n) is 2.84. The molecule has 3 rings (SSSR count). The predicted octanol–water partition coefficient (Wildman–Crippen LogP) is 5.45. The summed E-state index contributed by atoms with van der Waals surface area (Å²) in [6.45, 7) is -2.78. The van der Waals surface area contributed by atoms with Crippen molar-refractivity contribution in [2.45, 2.75) is 23.8 Å². The van der Waals surface area contributed by atoms with Crippen LogP contribution in [0.1, 0.15) is 21.7 Å². The summed E-state index contributed by atoms with van der Waals surface area (Å²) < 4.78 is 40.2. The second-order valence-corrected chi connectivity index (χ2v) is 7.45. The number of benzene rings is 2. The van der Waals surface area contributed by atoms with Crippen molar-refractivity contribution >= 4 is 17.7 Å². The van der Waals surface area contributed by atoms with Crippen LogP contribution in [0.5, 0.6) is 11.5 Å². The SMILES string of the molecule is COc1ccc(CN(C)C(=O)c2occc2CSc2ccccc2)cc1OC(F)F. The number of methoxy groups -OCH3 is 1. The average molecular weight is 433 g/mol. The number of carbonyl (C=O) groups is 1. The minimum absolute atomic E-state index is 0.0798. The Morgan fingerprint density at radius 2 is 1.90 bits per heavy atom. The summed E-state index contributed by atoms with van der Waals surface area (Å²) in [5, 5.41) is 0.